The van der Waals surface area contributed by atoms with Crippen molar-refractivity contribution in [3.8, 4) is 11.1 Å². The zero-order valence-electron chi connectivity index (χ0n) is 27.3. The fraction of sp³-hybridized carbons (Fsp3) is 0. The van der Waals surface area contributed by atoms with Crippen molar-refractivity contribution < 1.29 is 4.57 Å². The topological polar surface area (TPSA) is 17.1 Å². The van der Waals surface area contributed by atoms with Crippen LogP contribution >= 0.6 is 7.14 Å². The Morgan fingerprint density at radius 3 is 1.40 bits per heavy atom. The molecule has 50 heavy (non-hydrogen) atoms. The van der Waals surface area contributed by atoms with Crippen molar-refractivity contribution in [2.24, 2.45) is 0 Å². The summed E-state index contributed by atoms with van der Waals surface area (Å²) >= 11 is 0. The molecule has 0 aromatic heterocycles. The monoisotopic (exact) mass is 654 g/mol. The normalized spacial score (nSPS) is 12.1. The van der Waals surface area contributed by atoms with Gasteiger partial charge >= 0.3 is 0 Å². The van der Waals surface area contributed by atoms with E-state index in [9.17, 15) is 0 Å². The summed E-state index contributed by atoms with van der Waals surface area (Å²) in [5, 5.41) is 16.8. The summed E-state index contributed by atoms with van der Waals surface area (Å²) in [5.74, 6) is 0. The summed E-state index contributed by atoms with van der Waals surface area (Å²) < 4.78 is 15.9. The summed E-state index contributed by atoms with van der Waals surface area (Å²) in [7, 11) is -3.26. The highest BCUT2D eigenvalue weighted by atomic mass is 31.2. The summed E-state index contributed by atoms with van der Waals surface area (Å²) in [6.45, 7) is 0. The third-order valence-electron chi connectivity index (χ3n) is 10.5. The van der Waals surface area contributed by atoms with Crippen molar-refractivity contribution in [3.63, 3.8) is 0 Å². The van der Waals surface area contributed by atoms with Crippen LogP contribution in [0, 0.1) is 0 Å². The van der Waals surface area contributed by atoms with Crippen molar-refractivity contribution in [2.75, 3.05) is 0 Å². The van der Waals surface area contributed by atoms with Crippen LogP contribution < -0.4 is 15.9 Å². The first-order valence-electron chi connectivity index (χ1n) is 17.1. The summed E-state index contributed by atoms with van der Waals surface area (Å²) in [4.78, 5) is 0. The van der Waals surface area contributed by atoms with Crippen LogP contribution in [-0.2, 0) is 4.57 Å². The highest BCUT2D eigenvalue weighted by Gasteiger charge is 2.30. The number of hydrogen-bond donors (Lipinski definition) is 0. The molecule has 1 nitrogen and oxygen atoms in total. The Bertz CT molecular complexity index is 2930. The van der Waals surface area contributed by atoms with Crippen LogP contribution in [0.5, 0.6) is 0 Å². The molecule has 0 saturated heterocycles. The van der Waals surface area contributed by atoms with Gasteiger partial charge in [-0.05, 0) is 94.0 Å². The molecule has 2 heteroatoms. The molecule has 0 atom stereocenters. The molecule has 0 heterocycles. The predicted octanol–water partition coefficient (Wildman–Crippen LogP) is 11.9. The molecule has 0 aliphatic rings. The summed E-state index contributed by atoms with van der Waals surface area (Å²) in [6, 6.07) is 66.4. The van der Waals surface area contributed by atoms with E-state index in [0.29, 0.717) is 0 Å². The summed E-state index contributed by atoms with van der Waals surface area (Å²) in [6.07, 6.45) is 0. The zero-order chi connectivity index (χ0) is 33.2. The number of fused-ring (bicyclic) bond motifs is 8. The van der Waals surface area contributed by atoms with Crippen molar-refractivity contribution in [2.45, 2.75) is 0 Å². The Labute approximate surface area is 290 Å². The maximum Gasteiger partial charge on any atom is 0.171 e. The zero-order valence-corrected chi connectivity index (χ0v) is 28.1. The maximum absolute atomic E-state index is 15.9. The Balaban J connectivity index is 1.23. The number of hydrogen-bond acceptors (Lipinski definition) is 1. The van der Waals surface area contributed by atoms with Gasteiger partial charge < -0.3 is 4.57 Å². The first-order valence-corrected chi connectivity index (χ1v) is 18.8. The molecule has 10 aromatic carbocycles. The lowest BCUT2D eigenvalue weighted by Gasteiger charge is -2.22. The van der Waals surface area contributed by atoms with Gasteiger partial charge in [0.15, 0.2) is 7.14 Å². The lowest BCUT2D eigenvalue weighted by molar-refractivity contribution is 0.592. The van der Waals surface area contributed by atoms with E-state index in [1.54, 1.807) is 0 Å². The van der Waals surface area contributed by atoms with Gasteiger partial charge in [-0.15, -0.1) is 0 Å². The van der Waals surface area contributed by atoms with E-state index in [4.69, 9.17) is 0 Å². The minimum absolute atomic E-state index is 0.826. The average molecular weight is 655 g/mol. The van der Waals surface area contributed by atoms with E-state index in [2.05, 4.69) is 164 Å². The Morgan fingerprint density at radius 1 is 0.300 bits per heavy atom. The van der Waals surface area contributed by atoms with Crippen LogP contribution in [0.25, 0.3) is 75.8 Å². The molecular weight excluding hydrogens is 624 g/mol. The summed E-state index contributed by atoms with van der Waals surface area (Å²) in [5.41, 5.74) is 2.32. The molecule has 0 aliphatic carbocycles. The molecule has 0 spiro atoms. The lowest BCUT2D eigenvalue weighted by atomic mass is 9.87. The molecule has 0 amide bonds. The minimum atomic E-state index is -3.26. The van der Waals surface area contributed by atoms with Crippen LogP contribution in [0.1, 0.15) is 0 Å². The quantitative estimate of drug-likeness (QED) is 0.105. The fourth-order valence-corrected chi connectivity index (χ4v) is 10.7. The highest BCUT2D eigenvalue weighted by molar-refractivity contribution is 7.85. The predicted molar refractivity (Wildman–Crippen MR) is 216 cm³/mol. The van der Waals surface area contributed by atoms with Gasteiger partial charge in [0.1, 0.15) is 0 Å². The fourth-order valence-electron chi connectivity index (χ4n) is 7.98. The second-order valence-electron chi connectivity index (χ2n) is 13.2. The Morgan fingerprint density at radius 2 is 0.760 bits per heavy atom. The molecule has 0 N–H and O–H groups in total. The van der Waals surface area contributed by atoms with Crippen molar-refractivity contribution in [1.82, 2.24) is 0 Å². The molecule has 0 fully saturated rings. The number of rotatable bonds is 4. The van der Waals surface area contributed by atoms with Crippen LogP contribution in [0.2, 0.25) is 0 Å². The SMILES string of the molecule is O=P(c1ccc(-c2c3ccc4ccccc4c3cc3ccc4ccccc4c23)cc1)(c1ccc2ccccc2c1)c1ccc2ccccc2c1. The Hall–Kier alpha value is -6.01. The van der Waals surface area contributed by atoms with Gasteiger partial charge in [0, 0.05) is 15.9 Å². The van der Waals surface area contributed by atoms with E-state index in [0.717, 1.165) is 43.0 Å². The standard InChI is InChI=1S/C48H31OP/c49-50(41-26-19-32-9-1-3-13-37(32)29-41,42-27-20-33-10-2-4-14-38(33)30-42)40-24-21-36(22-25-40)47-45-28-23-34-11-5-7-15-43(34)46(45)31-39-18-17-35-12-6-8-16-44(35)48(39)47/h1-31H. The largest absolute Gasteiger partial charge is 0.309 e. The first-order chi connectivity index (χ1) is 24.6. The van der Waals surface area contributed by atoms with Gasteiger partial charge in [-0.2, -0.15) is 0 Å². The van der Waals surface area contributed by atoms with Crippen LogP contribution in [0.15, 0.2) is 188 Å². The first kappa shape index (κ1) is 29.0. The van der Waals surface area contributed by atoms with E-state index in [1.807, 2.05) is 24.3 Å². The molecule has 234 valence electrons. The molecule has 0 unspecified atom stereocenters. The third-order valence-corrected chi connectivity index (χ3v) is 13.5. The van der Waals surface area contributed by atoms with E-state index >= 15 is 4.57 Å². The molecule has 0 bridgehead atoms. The average Bonchev–Trinajstić information content (AvgIpc) is 3.19. The molecule has 10 aromatic rings. The van der Waals surface area contributed by atoms with Crippen molar-refractivity contribution in [1.29, 1.82) is 0 Å². The van der Waals surface area contributed by atoms with Gasteiger partial charge in [-0.3, -0.25) is 0 Å². The lowest BCUT2D eigenvalue weighted by Crippen LogP contribution is -2.25. The van der Waals surface area contributed by atoms with Crippen LogP contribution in [0.4, 0.5) is 0 Å². The van der Waals surface area contributed by atoms with Crippen molar-refractivity contribution in [3.05, 3.63) is 188 Å². The van der Waals surface area contributed by atoms with Crippen LogP contribution in [0.3, 0.4) is 0 Å². The number of benzene rings is 10. The minimum Gasteiger partial charge on any atom is -0.309 e. The second-order valence-corrected chi connectivity index (χ2v) is 16.0. The van der Waals surface area contributed by atoms with E-state index in [1.165, 1.54) is 48.7 Å². The molecule has 0 radical (unpaired) electrons. The smallest absolute Gasteiger partial charge is 0.171 e. The second kappa shape index (κ2) is 11.3. The van der Waals surface area contributed by atoms with E-state index in [-0.39, 0.29) is 0 Å². The molecule has 0 aliphatic heterocycles. The van der Waals surface area contributed by atoms with Gasteiger partial charge in [0.05, 0.1) is 0 Å². The molecular formula is C48H31OP. The van der Waals surface area contributed by atoms with Gasteiger partial charge in [0.2, 0.25) is 0 Å². The van der Waals surface area contributed by atoms with Gasteiger partial charge in [-0.1, -0.05) is 170 Å². The third kappa shape index (κ3) is 4.44. The van der Waals surface area contributed by atoms with Crippen LogP contribution in [-0.4, -0.2) is 0 Å². The maximum atomic E-state index is 15.9. The van der Waals surface area contributed by atoms with Crippen molar-refractivity contribution >= 4 is 87.7 Å². The molecule has 0 saturated carbocycles. The van der Waals surface area contributed by atoms with Gasteiger partial charge in [0.25, 0.3) is 0 Å². The van der Waals surface area contributed by atoms with E-state index < -0.39 is 7.14 Å². The highest BCUT2D eigenvalue weighted by Crippen LogP contribution is 2.46. The van der Waals surface area contributed by atoms with Gasteiger partial charge in [-0.25, -0.2) is 0 Å². The Kier molecular flexibility index (Phi) is 6.53. The molecule has 10 rings (SSSR count).